The molecule has 2 atom stereocenters. The SMILES string of the molecule is CCOc1ccccc1C(=O)NCC1CCCC(C)N1. The Kier molecular flexibility index (Phi) is 5.41. The number of carbonyl (C=O) groups is 1. The van der Waals surface area contributed by atoms with Gasteiger partial charge in [0.2, 0.25) is 0 Å². The van der Waals surface area contributed by atoms with Crippen LogP contribution in [0.15, 0.2) is 24.3 Å². The van der Waals surface area contributed by atoms with Gasteiger partial charge in [0.05, 0.1) is 12.2 Å². The highest BCUT2D eigenvalue weighted by Gasteiger charge is 2.19. The third kappa shape index (κ3) is 3.97. The van der Waals surface area contributed by atoms with Gasteiger partial charge in [-0.1, -0.05) is 18.6 Å². The van der Waals surface area contributed by atoms with E-state index in [-0.39, 0.29) is 5.91 Å². The number of hydrogen-bond acceptors (Lipinski definition) is 3. The first-order valence-electron chi connectivity index (χ1n) is 7.46. The molecule has 4 nitrogen and oxygen atoms in total. The van der Waals surface area contributed by atoms with E-state index in [1.54, 1.807) is 6.07 Å². The molecule has 0 radical (unpaired) electrons. The van der Waals surface area contributed by atoms with Gasteiger partial charge in [0.15, 0.2) is 0 Å². The molecule has 2 N–H and O–H groups in total. The molecule has 2 rings (SSSR count). The van der Waals surface area contributed by atoms with Crippen molar-refractivity contribution < 1.29 is 9.53 Å². The van der Waals surface area contributed by atoms with Crippen molar-refractivity contribution in [2.45, 2.75) is 45.2 Å². The number of carbonyl (C=O) groups excluding carboxylic acids is 1. The molecule has 1 aromatic carbocycles. The van der Waals surface area contributed by atoms with E-state index in [0.717, 1.165) is 6.42 Å². The maximum absolute atomic E-state index is 12.2. The zero-order valence-electron chi connectivity index (χ0n) is 12.3. The molecule has 1 amide bonds. The van der Waals surface area contributed by atoms with Crippen LogP contribution in [0.25, 0.3) is 0 Å². The maximum atomic E-state index is 12.2. The Hall–Kier alpha value is -1.55. The second kappa shape index (κ2) is 7.29. The third-order valence-electron chi connectivity index (χ3n) is 3.65. The molecule has 0 aromatic heterocycles. The number of rotatable bonds is 5. The first-order valence-corrected chi connectivity index (χ1v) is 7.46. The molecule has 1 aliphatic rings. The Balaban J connectivity index is 1.91. The third-order valence-corrected chi connectivity index (χ3v) is 3.65. The topological polar surface area (TPSA) is 50.4 Å². The van der Waals surface area contributed by atoms with Gasteiger partial charge in [0.25, 0.3) is 5.91 Å². The number of nitrogens with one attached hydrogen (secondary N) is 2. The molecule has 1 heterocycles. The summed E-state index contributed by atoms with van der Waals surface area (Å²) in [6.07, 6.45) is 3.57. The van der Waals surface area contributed by atoms with Crippen molar-refractivity contribution in [1.29, 1.82) is 0 Å². The van der Waals surface area contributed by atoms with E-state index in [1.807, 2.05) is 25.1 Å². The van der Waals surface area contributed by atoms with Crippen LogP contribution in [0.2, 0.25) is 0 Å². The number of benzene rings is 1. The van der Waals surface area contributed by atoms with Gasteiger partial charge in [-0.25, -0.2) is 0 Å². The van der Waals surface area contributed by atoms with E-state index >= 15 is 0 Å². The predicted molar refractivity (Wildman–Crippen MR) is 80.2 cm³/mol. The van der Waals surface area contributed by atoms with Gasteiger partial charge in [-0.15, -0.1) is 0 Å². The van der Waals surface area contributed by atoms with Gasteiger partial charge < -0.3 is 15.4 Å². The fraction of sp³-hybridized carbons (Fsp3) is 0.562. The van der Waals surface area contributed by atoms with Crippen molar-refractivity contribution in [3.8, 4) is 5.75 Å². The molecule has 2 unspecified atom stereocenters. The van der Waals surface area contributed by atoms with Crippen molar-refractivity contribution in [2.24, 2.45) is 0 Å². The molecule has 0 saturated carbocycles. The molecule has 4 heteroatoms. The molecular formula is C16H24N2O2. The van der Waals surface area contributed by atoms with Gasteiger partial charge in [-0.2, -0.15) is 0 Å². The Morgan fingerprint density at radius 3 is 2.95 bits per heavy atom. The zero-order chi connectivity index (χ0) is 14.4. The summed E-state index contributed by atoms with van der Waals surface area (Å²) >= 11 is 0. The Labute approximate surface area is 120 Å². The van der Waals surface area contributed by atoms with Crippen LogP contribution in [0, 0.1) is 0 Å². The summed E-state index contributed by atoms with van der Waals surface area (Å²) in [4.78, 5) is 12.2. The first kappa shape index (κ1) is 14.9. The van der Waals surface area contributed by atoms with Crippen molar-refractivity contribution in [3.05, 3.63) is 29.8 Å². The summed E-state index contributed by atoms with van der Waals surface area (Å²) in [5.74, 6) is 0.589. The number of amides is 1. The van der Waals surface area contributed by atoms with Gasteiger partial charge in [0, 0.05) is 18.6 Å². The zero-order valence-corrected chi connectivity index (χ0v) is 12.3. The largest absolute Gasteiger partial charge is 0.493 e. The van der Waals surface area contributed by atoms with Crippen LogP contribution < -0.4 is 15.4 Å². The predicted octanol–water partition coefficient (Wildman–Crippen LogP) is 2.35. The average Bonchev–Trinajstić information content (AvgIpc) is 2.46. The summed E-state index contributed by atoms with van der Waals surface area (Å²) < 4.78 is 5.49. The van der Waals surface area contributed by atoms with E-state index in [9.17, 15) is 4.79 Å². The van der Waals surface area contributed by atoms with Gasteiger partial charge in [-0.3, -0.25) is 4.79 Å². The number of hydrogen-bond donors (Lipinski definition) is 2. The van der Waals surface area contributed by atoms with E-state index in [1.165, 1.54) is 12.8 Å². The lowest BCUT2D eigenvalue weighted by Gasteiger charge is -2.28. The summed E-state index contributed by atoms with van der Waals surface area (Å²) in [5, 5.41) is 6.52. The first-order chi connectivity index (χ1) is 9.70. The van der Waals surface area contributed by atoms with Crippen LogP contribution in [0.4, 0.5) is 0 Å². The summed E-state index contributed by atoms with van der Waals surface area (Å²) in [5.41, 5.74) is 0.609. The Morgan fingerprint density at radius 1 is 1.40 bits per heavy atom. The van der Waals surface area contributed by atoms with Crippen LogP contribution in [-0.2, 0) is 0 Å². The minimum atomic E-state index is -0.0610. The van der Waals surface area contributed by atoms with Gasteiger partial charge in [0.1, 0.15) is 5.75 Å². The van der Waals surface area contributed by atoms with E-state index in [4.69, 9.17) is 4.74 Å². The minimum Gasteiger partial charge on any atom is -0.493 e. The number of piperidine rings is 1. The second-order valence-electron chi connectivity index (χ2n) is 5.33. The average molecular weight is 276 g/mol. The van der Waals surface area contributed by atoms with Crippen LogP contribution in [0.5, 0.6) is 5.75 Å². The van der Waals surface area contributed by atoms with Crippen molar-refractivity contribution >= 4 is 5.91 Å². The Morgan fingerprint density at radius 2 is 2.20 bits per heavy atom. The molecule has 0 spiro atoms. The van der Waals surface area contributed by atoms with Crippen molar-refractivity contribution in [3.63, 3.8) is 0 Å². The molecule has 1 aliphatic heterocycles. The van der Waals surface area contributed by atoms with E-state index in [2.05, 4.69) is 17.6 Å². The van der Waals surface area contributed by atoms with Gasteiger partial charge >= 0.3 is 0 Å². The normalized spacial score (nSPS) is 22.3. The van der Waals surface area contributed by atoms with Crippen molar-refractivity contribution in [2.75, 3.05) is 13.2 Å². The smallest absolute Gasteiger partial charge is 0.255 e. The molecule has 0 aliphatic carbocycles. The summed E-state index contributed by atoms with van der Waals surface area (Å²) in [6, 6.07) is 8.30. The molecule has 1 aromatic rings. The molecule has 20 heavy (non-hydrogen) atoms. The molecule has 1 saturated heterocycles. The fourth-order valence-electron chi connectivity index (χ4n) is 2.65. The van der Waals surface area contributed by atoms with Crippen LogP contribution in [-0.4, -0.2) is 31.1 Å². The molecule has 0 bridgehead atoms. The van der Waals surface area contributed by atoms with E-state index in [0.29, 0.717) is 36.5 Å². The highest BCUT2D eigenvalue weighted by molar-refractivity contribution is 5.96. The quantitative estimate of drug-likeness (QED) is 0.868. The second-order valence-corrected chi connectivity index (χ2v) is 5.33. The van der Waals surface area contributed by atoms with Crippen LogP contribution >= 0.6 is 0 Å². The van der Waals surface area contributed by atoms with Crippen LogP contribution in [0.3, 0.4) is 0 Å². The highest BCUT2D eigenvalue weighted by atomic mass is 16.5. The lowest BCUT2D eigenvalue weighted by Crippen LogP contribution is -2.47. The summed E-state index contributed by atoms with van der Waals surface area (Å²) in [7, 11) is 0. The molecule has 1 fully saturated rings. The lowest BCUT2D eigenvalue weighted by molar-refractivity contribution is 0.0942. The monoisotopic (exact) mass is 276 g/mol. The number of para-hydroxylation sites is 1. The molecular weight excluding hydrogens is 252 g/mol. The van der Waals surface area contributed by atoms with Crippen molar-refractivity contribution in [1.82, 2.24) is 10.6 Å². The van der Waals surface area contributed by atoms with E-state index < -0.39 is 0 Å². The lowest BCUT2D eigenvalue weighted by atomic mass is 9.99. The molecule has 110 valence electrons. The maximum Gasteiger partial charge on any atom is 0.255 e. The minimum absolute atomic E-state index is 0.0610. The Bertz CT molecular complexity index is 448. The van der Waals surface area contributed by atoms with Crippen LogP contribution in [0.1, 0.15) is 43.5 Å². The highest BCUT2D eigenvalue weighted by Crippen LogP contribution is 2.18. The fourth-order valence-corrected chi connectivity index (χ4v) is 2.65. The standard InChI is InChI=1S/C16H24N2O2/c1-3-20-15-10-5-4-9-14(15)16(19)17-11-13-8-6-7-12(2)18-13/h4-5,9-10,12-13,18H,3,6-8,11H2,1-2H3,(H,17,19). The van der Waals surface area contributed by atoms with Gasteiger partial charge in [-0.05, 0) is 38.8 Å². The number of ether oxygens (including phenoxy) is 1. The summed E-state index contributed by atoms with van der Waals surface area (Å²) in [6.45, 7) is 5.34.